The molecule has 2 heterocycles. The highest BCUT2D eigenvalue weighted by Crippen LogP contribution is 2.34. The van der Waals surface area contributed by atoms with Crippen LogP contribution in [0.15, 0.2) is 54.7 Å². The molecule has 8 heteroatoms. The van der Waals surface area contributed by atoms with Gasteiger partial charge in [-0.3, -0.25) is 4.68 Å². The molecule has 0 aliphatic carbocycles. The zero-order valence-corrected chi connectivity index (χ0v) is 17.4. The molecule has 1 aliphatic rings. The molecular formula is C22H24ClN5O2. The summed E-state index contributed by atoms with van der Waals surface area (Å²) in [7, 11) is 1.89. The maximum Gasteiger partial charge on any atom is 0.323 e. The molecule has 7 nitrogen and oxygen atoms in total. The minimum atomic E-state index is -0.333. The van der Waals surface area contributed by atoms with Gasteiger partial charge >= 0.3 is 6.03 Å². The highest BCUT2D eigenvalue weighted by atomic mass is 35.5. The van der Waals surface area contributed by atoms with Crippen molar-refractivity contribution in [3.05, 3.63) is 59.8 Å². The standard InChI is InChI=1S/C22H24ClN5O2/c1-28-20(10-13-25-28)19-14-17(6-7-21(19)30-18-8-11-24-12-9-18)27-22(29)26-16-4-2-15(23)3-5-16/h2-7,10,13-14,18,24H,8-9,11-12H2,1H3,(H2,26,27,29). The fraction of sp³-hybridized carbons (Fsp3) is 0.273. The molecule has 3 N–H and O–H groups in total. The first kappa shape index (κ1) is 20.3. The molecule has 1 aliphatic heterocycles. The summed E-state index contributed by atoms with van der Waals surface area (Å²) in [6, 6.07) is 14.2. The molecule has 0 radical (unpaired) electrons. The Labute approximate surface area is 180 Å². The number of aryl methyl sites for hydroxylation is 1. The fourth-order valence-corrected chi connectivity index (χ4v) is 3.59. The smallest absolute Gasteiger partial charge is 0.323 e. The molecule has 0 spiro atoms. The summed E-state index contributed by atoms with van der Waals surface area (Å²) in [6.07, 6.45) is 3.85. The first-order valence-corrected chi connectivity index (χ1v) is 10.3. The van der Waals surface area contributed by atoms with E-state index in [0.29, 0.717) is 16.4 Å². The van der Waals surface area contributed by atoms with Crippen LogP contribution >= 0.6 is 11.6 Å². The number of urea groups is 1. The second-order valence-corrected chi connectivity index (χ2v) is 7.64. The molecule has 4 rings (SSSR count). The average Bonchev–Trinajstić information content (AvgIpc) is 3.17. The van der Waals surface area contributed by atoms with Crippen LogP contribution in [0, 0.1) is 0 Å². The number of ether oxygens (including phenoxy) is 1. The Balaban J connectivity index is 1.54. The first-order chi connectivity index (χ1) is 14.6. The maximum atomic E-state index is 12.4. The van der Waals surface area contributed by atoms with Crippen molar-refractivity contribution in [3.8, 4) is 17.0 Å². The van der Waals surface area contributed by atoms with Crippen LogP contribution in [0.2, 0.25) is 5.02 Å². The monoisotopic (exact) mass is 425 g/mol. The maximum absolute atomic E-state index is 12.4. The van der Waals surface area contributed by atoms with Crippen molar-refractivity contribution in [2.45, 2.75) is 18.9 Å². The zero-order chi connectivity index (χ0) is 20.9. The molecule has 0 unspecified atom stereocenters. The topological polar surface area (TPSA) is 80.2 Å². The minimum absolute atomic E-state index is 0.172. The van der Waals surface area contributed by atoms with Crippen LogP contribution < -0.4 is 20.7 Å². The first-order valence-electron chi connectivity index (χ1n) is 9.92. The van der Waals surface area contributed by atoms with Crippen molar-refractivity contribution in [3.63, 3.8) is 0 Å². The van der Waals surface area contributed by atoms with Gasteiger partial charge in [0.1, 0.15) is 11.9 Å². The summed E-state index contributed by atoms with van der Waals surface area (Å²) in [6.45, 7) is 1.91. The molecule has 0 bridgehead atoms. The molecule has 156 valence electrons. The third-order valence-corrected chi connectivity index (χ3v) is 5.27. The van der Waals surface area contributed by atoms with Gasteiger partial charge in [-0.2, -0.15) is 5.10 Å². The Morgan fingerprint density at radius 1 is 1.10 bits per heavy atom. The second kappa shape index (κ2) is 9.19. The molecule has 30 heavy (non-hydrogen) atoms. The summed E-state index contributed by atoms with van der Waals surface area (Å²) in [5.74, 6) is 0.786. The van der Waals surface area contributed by atoms with Crippen LogP contribution in [0.4, 0.5) is 16.2 Å². The Bertz CT molecular complexity index is 1010. The van der Waals surface area contributed by atoms with Crippen LogP contribution in [-0.4, -0.2) is 35.0 Å². The molecule has 1 saturated heterocycles. The van der Waals surface area contributed by atoms with Crippen LogP contribution in [0.25, 0.3) is 11.3 Å². The molecule has 0 atom stereocenters. The average molecular weight is 426 g/mol. The van der Waals surface area contributed by atoms with E-state index < -0.39 is 0 Å². The van der Waals surface area contributed by atoms with E-state index in [4.69, 9.17) is 16.3 Å². The van der Waals surface area contributed by atoms with Crippen LogP contribution in [0.3, 0.4) is 0 Å². The number of carbonyl (C=O) groups is 1. The van der Waals surface area contributed by atoms with Gasteiger partial charge in [0.15, 0.2) is 0 Å². The number of rotatable bonds is 5. The summed E-state index contributed by atoms with van der Waals surface area (Å²) in [5.41, 5.74) is 3.13. The highest BCUT2D eigenvalue weighted by Gasteiger charge is 2.18. The lowest BCUT2D eigenvalue weighted by Gasteiger charge is -2.25. The van der Waals surface area contributed by atoms with Crippen molar-refractivity contribution >= 4 is 29.0 Å². The number of hydrogen-bond acceptors (Lipinski definition) is 4. The van der Waals surface area contributed by atoms with Crippen molar-refractivity contribution in [1.82, 2.24) is 15.1 Å². The van der Waals surface area contributed by atoms with Crippen molar-refractivity contribution in [2.75, 3.05) is 23.7 Å². The van der Waals surface area contributed by atoms with E-state index in [2.05, 4.69) is 21.0 Å². The Kier molecular flexibility index (Phi) is 6.21. The third-order valence-electron chi connectivity index (χ3n) is 5.02. The van der Waals surface area contributed by atoms with Crippen LogP contribution in [0.5, 0.6) is 5.75 Å². The van der Waals surface area contributed by atoms with Gasteiger partial charge in [-0.15, -0.1) is 0 Å². The summed E-state index contributed by atoms with van der Waals surface area (Å²) in [4.78, 5) is 12.4. The number of carbonyl (C=O) groups excluding carboxylic acids is 1. The molecule has 1 fully saturated rings. The Morgan fingerprint density at radius 2 is 1.80 bits per heavy atom. The lowest BCUT2D eigenvalue weighted by atomic mass is 10.1. The summed E-state index contributed by atoms with van der Waals surface area (Å²) < 4.78 is 8.10. The lowest BCUT2D eigenvalue weighted by molar-refractivity contribution is 0.163. The quantitative estimate of drug-likeness (QED) is 0.561. The zero-order valence-electron chi connectivity index (χ0n) is 16.7. The van der Waals surface area contributed by atoms with Gasteiger partial charge in [0.25, 0.3) is 0 Å². The largest absolute Gasteiger partial charge is 0.490 e. The third kappa shape index (κ3) is 4.93. The predicted molar refractivity (Wildman–Crippen MR) is 119 cm³/mol. The number of nitrogens with zero attached hydrogens (tertiary/aromatic N) is 2. The normalized spacial score (nSPS) is 14.3. The van der Waals surface area contributed by atoms with Crippen molar-refractivity contribution in [1.29, 1.82) is 0 Å². The van der Waals surface area contributed by atoms with Gasteiger partial charge in [-0.25, -0.2) is 4.79 Å². The van der Waals surface area contributed by atoms with E-state index in [1.165, 1.54) is 0 Å². The number of hydrogen-bond donors (Lipinski definition) is 3. The minimum Gasteiger partial charge on any atom is -0.490 e. The fourth-order valence-electron chi connectivity index (χ4n) is 3.47. The van der Waals surface area contributed by atoms with E-state index in [1.807, 2.05) is 31.3 Å². The molecule has 0 saturated carbocycles. The SMILES string of the molecule is Cn1nccc1-c1cc(NC(=O)Nc2ccc(Cl)cc2)ccc1OC1CCNCC1. The van der Waals surface area contributed by atoms with Gasteiger partial charge in [0, 0.05) is 35.2 Å². The van der Waals surface area contributed by atoms with Crippen LogP contribution in [0.1, 0.15) is 12.8 Å². The number of amides is 2. The van der Waals surface area contributed by atoms with E-state index in [1.54, 1.807) is 35.1 Å². The van der Waals surface area contributed by atoms with Gasteiger partial charge < -0.3 is 20.7 Å². The molecule has 2 amide bonds. The van der Waals surface area contributed by atoms with Gasteiger partial charge in [0.05, 0.1) is 5.69 Å². The number of benzene rings is 2. The van der Waals surface area contributed by atoms with E-state index in [-0.39, 0.29) is 12.1 Å². The lowest BCUT2D eigenvalue weighted by Crippen LogP contribution is -2.34. The Morgan fingerprint density at radius 3 is 2.50 bits per heavy atom. The predicted octanol–water partition coefficient (Wildman–Crippen LogP) is 4.52. The van der Waals surface area contributed by atoms with Gasteiger partial charge in [-0.1, -0.05) is 11.6 Å². The van der Waals surface area contributed by atoms with Crippen molar-refractivity contribution < 1.29 is 9.53 Å². The molecular weight excluding hydrogens is 402 g/mol. The van der Waals surface area contributed by atoms with E-state index >= 15 is 0 Å². The van der Waals surface area contributed by atoms with E-state index in [9.17, 15) is 4.79 Å². The number of nitrogens with one attached hydrogen (secondary N) is 3. The Hall–Kier alpha value is -3.03. The van der Waals surface area contributed by atoms with Crippen molar-refractivity contribution in [2.24, 2.45) is 7.05 Å². The summed E-state index contributed by atoms with van der Waals surface area (Å²) >= 11 is 5.89. The van der Waals surface area contributed by atoms with E-state index in [0.717, 1.165) is 42.9 Å². The number of halogens is 1. The molecule has 1 aromatic heterocycles. The molecule has 2 aromatic carbocycles. The highest BCUT2D eigenvalue weighted by molar-refractivity contribution is 6.30. The van der Waals surface area contributed by atoms with Crippen LogP contribution in [-0.2, 0) is 7.05 Å². The number of piperidine rings is 1. The number of anilines is 2. The van der Waals surface area contributed by atoms with Gasteiger partial charge in [0.2, 0.25) is 0 Å². The summed E-state index contributed by atoms with van der Waals surface area (Å²) in [5, 5.41) is 13.9. The van der Waals surface area contributed by atoms with Gasteiger partial charge in [-0.05, 0) is 74.5 Å². The number of aromatic nitrogens is 2. The second-order valence-electron chi connectivity index (χ2n) is 7.20. The molecule has 3 aromatic rings.